The molecule has 0 aliphatic heterocycles. The van der Waals surface area contributed by atoms with Crippen molar-refractivity contribution in [2.45, 2.75) is 38.4 Å². The predicted molar refractivity (Wildman–Crippen MR) is 80.5 cm³/mol. The zero-order chi connectivity index (χ0) is 15.2. The minimum atomic E-state index is -0.953. The smallest absolute Gasteiger partial charge is 0.220 e. The molecule has 1 atom stereocenters. The highest BCUT2D eigenvalue weighted by molar-refractivity contribution is 7.86. The zero-order valence-corrected chi connectivity index (χ0v) is 13.1. The van der Waals surface area contributed by atoms with Crippen molar-refractivity contribution in [3.8, 4) is 0 Å². The second-order valence-electron chi connectivity index (χ2n) is 5.64. The third kappa shape index (κ3) is 6.28. The van der Waals surface area contributed by atoms with Gasteiger partial charge in [0.25, 0.3) is 0 Å². The Morgan fingerprint density at radius 1 is 1.25 bits per heavy atom. The van der Waals surface area contributed by atoms with Crippen LogP contribution >= 0.6 is 0 Å². The molecule has 112 valence electrons. The number of benzene rings is 1. The molecule has 0 aromatic heterocycles. The molecular weight excluding hydrogens is 277 g/mol. The van der Waals surface area contributed by atoms with Crippen molar-refractivity contribution in [1.29, 1.82) is 0 Å². The van der Waals surface area contributed by atoms with Crippen LogP contribution in [0.25, 0.3) is 0 Å². The van der Waals surface area contributed by atoms with E-state index in [-0.39, 0.29) is 16.5 Å². The van der Waals surface area contributed by atoms with E-state index in [2.05, 4.69) is 5.32 Å². The molecule has 0 saturated carbocycles. The van der Waals surface area contributed by atoms with E-state index in [0.717, 1.165) is 5.56 Å². The van der Waals surface area contributed by atoms with Crippen LogP contribution in [0.3, 0.4) is 0 Å². The molecular formula is C15H22FNO2S. The first-order valence-corrected chi connectivity index (χ1v) is 8.00. The SMILES string of the molecule is CC(C)(C)[S@](=O)CCNC(=O)CCc1ccc(F)cc1. The molecule has 1 N–H and O–H groups in total. The summed E-state index contributed by atoms with van der Waals surface area (Å²) in [6.45, 7) is 6.17. The molecule has 0 aliphatic carbocycles. The number of hydrogen-bond acceptors (Lipinski definition) is 2. The molecule has 1 amide bonds. The Bertz CT molecular complexity index is 466. The summed E-state index contributed by atoms with van der Waals surface area (Å²) in [6, 6.07) is 6.13. The topological polar surface area (TPSA) is 46.2 Å². The fourth-order valence-electron chi connectivity index (χ4n) is 1.59. The van der Waals surface area contributed by atoms with E-state index in [1.807, 2.05) is 20.8 Å². The number of carbonyl (C=O) groups excluding carboxylic acids is 1. The van der Waals surface area contributed by atoms with Gasteiger partial charge in [-0.05, 0) is 44.9 Å². The number of amides is 1. The molecule has 20 heavy (non-hydrogen) atoms. The first-order chi connectivity index (χ1) is 9.29. The first-order valence-electron chi connectivity index (χ1n) is 6.68. The average molecular weight is 299 g/mol. The summed E-state index contributed by atoms with van der Waals surface area (Å²) < 4.78 is 24.2. The normalized spacial score (nSPS) is 13.0. The minimum absolute atomic E-state index is 0.0692. The van der Waals surface area contributed by atoms with E-state index in [0.29, 0.717) is 25.1 Å². The standard InChI is InChI=1S/C15H22FNO2S/c1-15(2,3)20(19)11-10-17-14(18)9-6-12-4-7-13(16)8-5-12/h4-5,7-8H,6,9-11H2,1-3H3,(H,17,18)/t20-/m1/s1. The lowest BCUT2D eigenvalue weighted by atomic mass is 10.1. The quantitative estimate of drug-likeness (QED) is 0.877. The lowest BCUT2D eigenvalue weighted by molar-refractivity contribution is -0.120. The van der Waals surface area contributed by atoms with Crippen LogP contribution in [0.15, 0.2) is 24.3 Å². The van der Waals surface area contributed by atoms with Crippen molar-refractivity contribution in [1.82, 2.24) is 5.32 Å². The Morgan fingerprint density at radius 3 is 2.40 bits per heavy atom. The first kappa shape index (κ1) is 16.8. The molecule has 0 spiro atoms. The molecule has 1 aromatic carbocycles. The highest BCUT2D eigenvalue weighted by atomic mass is 32.2. The van der Waals surface area contributed by atoms with Crippen LogP contribution in [-0.4, -0.2) is 27.2 Å². The van der Waals surface area contributed by atoms with Crippen LogP contribution in [0.2, 0.25) is 0 Å². The molecule has 0 aliphatic rings. The van der Waals surface area contributed by atoms with Crippen LogP contribution in [0, 0.1) is 5.82 Å². The van der Waals surface area contributed by atoms with Gasteiger partial charge >= 0.3 is 0 Å². The highest BCUT2D eigenvalue weighted by Gasteiger charge is 2.18. The van der Waals surface area contributed by atoms with Crippen molar-refractivity contribution in [2.75, 3.05) is 12.3 Å². The second-order valence-corrected chi connectivity index (χ2v) is 7.96. The Balaban J connectivity index is 2.24. The number of halogens is 1. The van der Waals surface area contributed by atoms with E-state index in [9.17, 15) is 13.4 Å². The summed E-state index contributed by atoms with van der Waals surface area (Å²) in [6.07, 6.45) is 0.933. The summed E-state index contributed by atoms with van der Waals surface area (Å²) in [5, 5.41) is 2.76. The van der Waals surface area contributed by atoms with Crippen LogP contribution in [0.1, 0.15) is 32.8 Å². The molecule has 0 unspecified atom stereocenters. The Labute approximate surface area is 122 Å². The predicted octanol–water partition coefficient (Wildman–Crippen LogP) is 2.42. The van der Waals surface area contributed by atoms with E-state index in [4.69, 9.17) is 0 Å². The fraction of sp³-hybridized carbons (Fsp3) is 0.533. The lowest BCUT2D eigenvalue weighted by Gasteiger charge is -2.17. The van der Waals surface area contributed by atoms with Crippen LogP contribution in [0.5, 0.6) is 0 Å². The summed E-state index contributed by atoms with van der Waals surface area (Å²) in [7, 11) is -0.953. The molecule has 0 heterocycles. The van der Waals surface area contributed by atoms with Crippen LogP contribution in [-0.2, 0) is 22.0 Å². The van der Waals surface area contributed by atoms with Gasteiger partial charge in [-0.25, -0.2) is 4.39 Å². The number of nitrogens with one attached hydrogen (secondary N) is 1. The molecule has 1 rings (SSSR count). The second kappa shape index (κ2) is 7.53. The third-order valence-electron chi connectivity index (χ3n) is 2.85. The number of hydrogen-bond donors (Lipinski definition) is 1. The number of aryl methyl sites for hydroxylation is 1. The molecule has 3 nitrogen and oxygen atoms in total. The monoisotopic (exact) mass is 299 g/mol. The van der Waals surface area contributed by atoms with Gasteiger partial charge in [0.1, 0.15) is 5.82 Å². The summed E-state index contributed by atoms with van der Waals surface area (Å²) >= 11 is 0. The van der Waals surface area contributed by atoms with Gasteiger partial charge in [-0.1, -0.05) is 12.1 Å². The fourth-order valence-corrected chi connectivity index (χ4v) is 2.49. The average Bonchev–Trinajstić information content (AvgIpc) is 2.37. The van der Waals surface area contributed by atoms with Gasteiger partial charge in [-0.15, -0.1) is 0 Å². The zero-order valence-electron chi connectivity index (χ0n) is 12.2. The molecule has 0 radical (unpaired) electrons. The van der Waals surface area contributed by atoms with Gasteiger partial charge in [0, 0.05) is 34.3 Å². The van der Waals surface area contributed by atoms with Gasteiger partial charge in [-0.2, -0.15) is 0 Å². The minimum Gasteiger partial charge on any atom is -0.355 e. The van der Waals surface area contributed by atoms with Gasteiger partial charge in [0.2, 0.25) is 5.91 Å². The van der Waals surface area contributed by atoms with Crippen molar-refractivity contribution >= 4 is 16.7 Å². The van der Waals surface area contributed by atoms with Crippen molar-refractivity contribution in [3.05, 3.63) is 35.6 Å². The van der Waals surface area contributed by atoms with Gasteiger partial charge < -0.3 is 5.32 Å². The molecule has 1 aromatic rings. The van der Waals surface area contributed by atoms with Crippen LogP contribution < -0.4 is 5.32 Å². The summed E-state index contributed by atoms with van der Waals surface area (Å²) in [5.41, 5.74) is 0.930. The largest absolute Gasteiger partial charge is 0.355 e. The lowest BCUT2D eigenvalue weighted by Crippen LogP contribution is -2.32. The van der Waals surface area contributed by atoms with E-state index >= 15 is 0 Å². The third-order valence-corrected chi connectivity index (χ3v) is 4.79. The Morgan fingerprint density at radius 2 is 1.85 bits per heavy atom. The molecule has 5 heteroatoms. The van der Waals surface area contributed by atoms with Gasteiger partial charge in [0.15, 0.2) is 0 Å². The van der Waals surface area contributed by atoms with Gasteiger partial charge in [-0.3, -0.25) is 9.00 Å². The van der Waals surface area contributed by atoms with E-state index in [1.165, 1.54) is 12.1 Å². The molecule has 0 fully saturated rings. The van der Waals surface area contributed by atoms with Crippen molar-refractivity contribution < 1.29 is 13.4 Å². The van der Waals surface area contributed by atoms with Crippen molar-refractivity contribution in [2.24, 2.45) is 0 Å². The number of carbonyl (C=O) groups is 1. The number of rotatable bonds is 6. The molecule has 0 saturated heterocycles. The maximum absolute atomic E-state index is 12.7. The van der Waals surface area contributed by atoms with E-state index < -0.39 is 10.8 Å². The maximum Gasteiger partial charge on any atom is 0.220 e. The Kier molecular flexibility index (Phi) is 6.33. The van der Waals surface area contributed by atoms with Crippen molar-refractivity contribution in [3.63, 3.8) is 0 Å². The highest BCUT2D eigenvalue weighted by Crippen LogP contribution is 2.10. The van der Waals surface area contributed by atoms with Crippen LogP contribution in [0.4, 0.5) is 4.39 Å². The summed E-state index contributed by atoms with van der Waals surface area (Å²) in [4.78, 5) is 11.6. The van der Waals surface area contributed by atoms with E-state index in [1.54, 1.807) is 12.1 Å². The summed E-state index contributed by atoms with van der Waals surface area (Å²) in [5.74, 6) is 0.120. The molecule has 0 bridgehead atoms. The Hall–Kier alpha value is -1.23. The van der Waals surface area contributed by atoms with Gasteiger partial charge in [0.05, 0.1) is 0 Å². The maximum atomic E-state index is 12.7.